The number of hydrogen-bond donors (Lipinski definition) is 1. The Morgan fingerprint density at radius 1 is 1.26 bits per heavy atom. The zero-order valence-electron chi connectivity index (χ0n) is 10.2. The van der Waals surface area contributed by atoms with Crippen molar-refractivity contribution in [2.24, 2.45) is 0 Å². The zero-order chi connectivity index (χ0) is 14.0. The van der Waals surface area contributed by atoms with Gasteiger partial charge in [0.25, 0.3) is 0 Å². The van der Waals surface area contributed by atoms with Gasteiger partial charge in [-0.1, -0.05) is 35.3 Å². The summed E-state index contributed by atoms with van der Waals surface area (Å²) in [6.07, 6.45) is 0. The molecule has 0 fully saturated rings. The molecule has 0 radical (unpaired) electrons. The van der Waals surface area contributed by atoms with Crippen LogP contribution in [0.25, 0.3) is 0 Å². The smallest absolute Gasteiger partial charge is 0.167 e. The van der Waals surface area contributed by atoms with Gasteiger partial charge in [0, 0.05) is 17.3 Å². The zero-order valence-corrected chi connectivity index (χ0v) is 11.7. The Kier molecular flexibility index (Phi) is 4.17. The third-order valence-corrected chi connectivity index (χ3v) is 3.59. The standard InChI is InChI=1S/C14H12Cl2FNO/c1-8-5-13(11(17)6-12(8)18)19-7-9-3-2-4-10(15)14(9)16/h2-6H,7,18H2,1H3. The first-order chi connectivity index (χ1) is 8.99. The molecule has 0 saturated heterocycles. The van der Waals surface area contributed by atoms with Crippen LogP contribution in [0.5, 0.6) is 5.75 Å². The molecule has 0 amide bonds. The molecule has 100 valence electrons. The minimum absolute atomic E-state index is 0.139. The number of nitrogen functional groups attached to an aromatic ring is 1. The SMILES string of the molecule is Cc1cc(OCc2cccc(Cl)c2Cl)c(F)cc1N. The fourth-order valence-corrected chi connectivity index (χ4v) is 1.97. The molecule has 0 saturated carbocycles. The van der Waals surface area contributed by atoms with E-state index in [4.69, 9.17) is 33.7 Å². The normalized spacial score (nSPS) is 10.5. The molecule has 0 aliphatic heterocycles. The van der Waals surface area contributed by atoms with Crippen LogP contribution >= 0.6 is 23.2 Å². The number of benzene rings is 2. The lowest BCUT2D eigenvalue weighted by Crippen LogP contribution is -2.00. The Labute approximate surface area is 120 Å². The summed E-state index contributed by atoms with van der Waals surface area (Å²) in [6.45, 7) is 1.92. The molecule has 0 aliphatic carbocycles. The molecule has 2 nitrogen and oxygen atoms in total. The topological polar surface area (TPSA) is 35.2 Å². The molecule has 0 spiro atoms. The van der Waals surface area contributed by atoms with Crippen LogP contribution in [0.4, 0.5) is 10.1 Å². The number of halogens is 3. The van der Waals surface area contributed by atoms with Gasteiger partial charge in [0.15, 0.2) is 11.6 Å². The molecule has 5 heteroatoms. The largest absolute Gasteiger partial charge is 0.486 e. The summed E-state index contributed by atoms with van der Waals surface area (Å²) in [4.78, 5) is 0. The van der Waals surface area contributed by atoms with Gasteiger partial charge < -0.3 is 10.5 Å². The van der Waals surface area contributed by atoms with Crippen molar-refractivity contribution in [1.29, 1.82) is 0 Å². The van der Waals surface area contributed by atoms with Crippen LogP contribution in [0, 0.1) is 12.7 Å². The summed E-state index contributed by atoms with van der Waals surface area (Å²) in [7, 11) is 0. The van der Waals surface area contributed by atoms with Gasteiger partial charge in [0.1, 0.15) is 6.61 Å². The average Bonchev–Trinajstić information content (AvgIpc) is 2.37. The third kappa shape index (κ3) is 3.11. The van der Waals surface area contributed by atoms with Crippen molar-refractivity contribution in [3.05, 3.63) is 57.3 Å². The van der Waals surface area contributed by atoms with E-state index in [9.17, 15) is 4.39 Å². The second kappa shape index (κ2) is 5.68. The van der Waals surface area contributed by atoms with Crippen LogP contribution in [-0.2, 0) is 6.61 Å². The molecule has 0 aliphatic rings. The number of rotatable bonds is 3. The van der Waals surface area contributed by atoms with Crippen molar-refractivity contribution >= 4 is 28.9 Å². The Bertz CT molecular complexity index is 617. The van der Waals surface area contributed by atoms with Crippen LogP contribution in [0.3, 0.4) is 0 Å². The maximum atomic E-state index is 13.6. The lowest BCUT2D eigenvalue weighted by Gasteiger charge is -2.11. The van der Waals surface area contributed by atoms with Gasteiger partial charge >= 0.3 is 0 Å². The molecule has 2 aromatic carbocycles. The van der Waals surface area contributed by atoms with E-state index in [1.165, 1.54) is 6.07 Å². The van der Waals surface area contributed by atoms with Crippen molar-refractivity contribution in [3.63, 3.8) is 0 Å². The van der Waals surface area contributed by atoms with Crippen LogP contribution in [0.15, 0.2) is 30.3 Å². The summed E-state index contributed by atoms with van der Waals surface area (Å²) in [5.41, 5.74) is 7.46. The lowest BCUT2D eigenvalue weighted by atomic mass is 10.2. The Morgan fingerprint density at radius 3 is 2.74 bits per heavy atom. The monoisotopic (exact) mass is 299 g/mol. The van der Waals surface area contributed by atoms with Crippen molar-refractivity contribution < 1.29 is 9.13 Å². The highest BCUT2D eigenvalue weighted by molar-refractivity contribution is 6.42. The molecular weight excluding hydrogens is 288 g/mol. The van der Waals surface area contributed by atoms with E-state index < -0.39 is 5.82 Å². The van der Waals surface area contributed by atoms with E-state index in [2.05, 4.69) is 0 Å². The molecule has 0 heterocycles. The van der Waals surface area contributed by atoms with Crippen molar-refractivity contribution in [3.8, 4) is 5.75 Å². The summed E-state index contributed by atoms with van der Waals surface area (Å²) in [6, 6.07) is 8.02. The van der Waals surface area contributed by atoms with E-state index in [-0.39, 0.29) is 12.4 Å². The predicted octanol–water partition coefficient (Wildman–Crippen LogP) is 4.60. The second-order valence-electron chi connectivity index (χ2n) is 4.14. The fraction of sp³-hybridized carbons (Fsp3) is 0.143. The van der Waals surface area contributed by atoms with Crippen LogP contribution in [0.2, 0.25) is 10.0 Å². The van der Waals surface area contributed by atoms with Crippen molar-refractivity contribution in [1.82, 2.24) is 0 Å². The van der Waals surface area contributed by atoms with Crippen LogP contribution in [0.1, 0.15) is 11.1 Å². The van der Waals surface area contributed by atoms with Crippen LogP contribution < -0.4 is 10.5 Å². The predicted molar refractivity (Wildman–Crippen MR) is 76.3 cm³/mol. The first kappa shape index (κ1) is 14.0. The van der Waals surface area contributed by atoms with Gasteiger partial charge in [-0.15, -0.1) is 0 Å². The number of hydrogen-bond acceptors (Lipinski definition) is 2. The summed E-state index contributed by atoms with van der Waals surface area (Å²) < 4.78 is 19.1. The minimum atomic E-state index is -0.499. The molecule has 0 unspecified atom stereocenters. The van der Waals surface area contributed by atoms with Gasteiger partial charge in [-0.25, -0.2) is 4.39 Å². The molecule has 0 aromatic heterocycles. The fourth-order valence-electron chi connectivity index (χ4n) is 1.60. The highest BCUT2D eigenvalue weighted by atomic mass is 35.5. The van der Waals surface area contributed by atoms with Crippen LogP contribution in [-0.4, -0.2) is 0 Å². The van der Waals surface area contributed by atoms with E-state index in [1.807, 2.05) is 0 Å². The van der Waals surface area contributed by atoms with E-state index in [0.717, 1.165) is 5.56 Å². The quantitative estimate of drug-likeness (QED) is 0.841. The van der Waals surface area contributed by atoms with E-state index >= 15 is 0 Å². The van der Waals surface area contributed by atoms with Gasteiger partial charge in [-0.05, 0) is 24.6 Å². The maximum absolute atomic E-state index is 13.6. The molecule has 0 bridgehead atoms. The molecule has 19 heavy (non-hydrogen) atoms. The average molecular weight is 300 g/mol. The Morgan fingerprint density at radius 2 is 2.00 bits per heavy atom. The van der Waals surface area contributed by atoms with Gasteiger partial charge in [-0.2, -0.15) is 0 Å². The second-order valence-corrected chi connectivity index (χ2v) is 4.93. The highest BCUT2D eigenvalue weighted by Gasteiger charge is 2.09. The Balaban J connectivity index is 2.19. The molecule has 0 atom stereocenters. The Hall–Kier alpha value is -1.45. The van der Waals surface area contributed by atoms with Gasteiger partial charge in [0.05, 0.1) is 10.0 Å². The van der Waals surface area contributed by atoms with E-state index in [0.29, 0.717) is 21.3 Å². The molecule has 2 rings (SSSR count). The lowest BCUT2D eigenvalue weighted by molar-refractivity contribution is 0.290. The third-order valence-electron chi connectivity index (χ3n) is 2.74. The summed E-state index contributed by atoms with van der Waals surface area (Å²) >= 11 is 11.9. The van der Waals surface area contributed by atoms with Crippen molar-refractivity contribution in [2.45, 2.75) is 13.5 Å². The maximum Gasteiger partial charge on any atom is 0.167 e. The minimum Gasteiger partial charge on any atom is -0.486 e. The molecule has 2 N–H and O–H groups in total. The molecule has 2 aromatic rings. The summed E-state index contributed by atoms with van der Waals surface area (Å²) in [5, 5.41) is 0.855. The number of nitrogens with two attached hydrogens (primary N) is 1. The first-order valence-electron chi connectivity index (χ1n) is 5.60. The van der Waals surface area contributed by atoms with Gasteiger partial charge in [0.2, 0.25) is 0 Å². The van der Waals surface area contributed by atoms with Gasteiger partial charge in [-0.3, -0.25) is 0 Å². The van der Waals surface area contributed by atoms with Crippen molar-refractivity contribution in [2.75, 3.05) is 5.73 Å². The summed E-state index contributed by atoms with van der Waals surface area (Å²) in [5.74, 6) is -0.357. The number of aryl methyl sites for hydroxylation is 1. The number of anilines is 1. The highest BCUT2D eigenvalue weighted by Crippen LogP contribution is 2.28. The van der Waals surface area contributed by atoms with E-state index in [1.54, 1.807) is 31.2 Å². The number of ether oxygens (including phenoxy) is 1. The molecular formula is C14H12Cl2FNO. The first-order valence-corrected chi connectivity index (χ1v) is 6.36.